The van der Waals surface area contributed by atoms with E-state index in [9.17, 15) is 0 Å². The highest BCUT2D eigenvalue weighted by Crippen LogP contribution is 1.88. The smallest absolute Gasteiger partial charge is 0.210 e. The molecule has 0 fully saturated rings. The minimum atomic E-state index is 0.428. The van der Waals surface area contributed by atoms with Gasteiger partial charge in [0.1, 0.15) is 0 Å². The van der Waals surface area contributed by atoms with Crippen molar-refractivity contribution in [2.24, 2.45) is 10.9 Å². The molecule has 2 N–H and O–H groups in total. The number of rotatable bonds is 1. The van der Waals surface area contributed by atoms with E-state index in [4.69, 9.17) is 5.90 Å². The zero-order chi connectivity index (χ0) is 6.57. The highest BCUT2D eigenvalue weighted by atomic mass is 16.6. The maximum Gasteiger partial charge on any atom is 0.210 e. The minimum absolute atomic E-state index is 0.428. The van der Waals surface area contributed by atoms with Crippen LogP contribution in [0, 0.1) is 0 Å². The Hall–Kier alpha value is -0.830. The largest absolute Gasteiger partial charge is 0.396 e. The lowest BCUT2D eigenvalue weighted by Gasteiger charge is -1.93. The predicted molar refractivity (Wildman–Crippen MR) is 33.2 cm³/mol. The molecule has 3 heteroatoms. The highest BCUT2D eigenvalue weighted by Gasteiger charge is 1.83. The average Bonchev–Trinajstić information content (AvgIpc) is 1.65. The van der Waals surface area contributed by atoms with Crippen molar-refractivity contribution in [1.82, 2.24) is 0 Å². The Labute approximate surface area is 48.8 Å². The van der Waals surface area contributed by atoms with Gasteiger partial charge in [0.05, 0.1) is 0 Å². The summed E-state index contributed by atoms with van der Waals surface area (Å²) in [6.45, 7) is 6.95. The average molecular weight is 114 g/mol. The summed E-state index contributed by atoms with van der Waals surface area (Å²) in [4.78, 5) is 8.02. The van der Waals surface area contributed by atoms with Crippen molar-refractivity contribution in [1.29, 1.82) is 0 Å². The molecule has 0 aromatic rings. The summed E-state index contributed by atoms with van der Waals surface area (Å²) < 4.78 is 0. The molecule has 46 valence electrons. The van der Waals surface area contributed by atoms with Crippen molar-refractivity contribution in [2.75, 3.05) is 0 Å². The summed E-state index contributed by atoms with van der Waals surface area (Å²) in [5.74, 6) is 5.18. The van der Waals surface area contributed by atoms with Gasteiger partial charge in [0, 0.05) is 12.6 Å². The Kier molecular flexibility index (Phi) is 2.88. The zero-order valence-corrected chi connectivity index (χ0v) is 5.14. The van der Waals surface area contributed by atoms with E-state index in [0.717, 1.165) is 0 Å². The summed E-state index contributed by atoms with van der Waals surface area (Å²) in [5.41, 5.74) is 0.688. The van der Waals surface area contributed by atoms with E-state index in [-0.39, 0.29) is 0 Å². The lowest BCUT2D eigenvalue weighted by atomic mass is 10.6. The van der Waals surface area contributed by atoms with E-state index in [1.165, 1.54) is 0 Å². The Morgan fingerprint density at radius 3 is 2.25 bits per heavy atom. The van der Waals surface area contributed by atoms with E-state index >= 15 is 0 Å². The number of hydrogen-bond acceptors (Lipinski definition) is 3. The first-order valence-electron chi connectivity index (χ1n) is 2.24. The van der Waals surface area contributed by atoms with Gasteiger partial charge in [-0.25, -0.2) is 4.99 Å². The standard InChI is InChI=1S/C5H10N2O/c1-4(2)7-5(3)8-6/h1,6H2,2-3H3/b7-5-. The molecule has 0 saturated heterocycles. The van der Waals surface area contributed by atoms with Gasteiger partial charge in [0.15, 0.2) is 0 Å². The molecule has 0 aromatic carbocycles. The minimum Gasteiger partial charge on any atom is -0.396 e. The monoisotopic (exact) mass is 114 g/mol. The van der Waals surface area contributed by atoms with E-state index in [0.29, 0.717) is 11.6 Å². The number of nitrogens with two attached hydrogens (primary N) is 1. The van der Waals surface area contributed by atoms with Crippen molar-refractivity contribution in [2.45, 2.75) is 13.8 Å². The third kappa shape index (κ3) is 3.36. The molecule has 0 aliphatic carbocycles. The molecule has 0 rings (SSSR count). The lowest BCUT2D eigenvalue weighted by molar-refractivity contribution is 0.318. The van der Waals surface area contributed by atoms with Crippen LogP contribution in [0.3, 0.4) is 0 Å². The Balaban J connectivity index is 3.75. The molecule has 0 bridgehead atoms. The van der Waals surface area contributed by atoms with Crippen LogP contribution in [0.1, 0.15) is 13.8 Å². The molecule has 0 amide bonds. The second-order valence-electron chi connectivity index (χ2n) is 1.48. The summed E-state index contributed by atoms with van der Waals surface area (Å²) >= 11 is 0. The van der Waals surface area contributed by atoms with Crippen LogP contribution >= 0.6 is 0 Å². The van der Waals surface area contributed by atoms with Gasteiger partial charge in [0.25, 0.3) is 0 Å². The predicted octanol–water partition coefficient (Wildman–Crippen LogP) is 0.829. The number of allylic oxidation sites excluding steroid dienone is 1. The van der Waals surface area contributed by atoms with Gasteiger partial charge in [-0.05, 0) is 6.92 Å². The van der Waals surface area contributed by atoms with Crippen LogP contribution in [-0.4, -0.2) is 5.90 Å². The van der Waals surface area contributed by atoms with Crippen LogP contribution in [-0.2, 0) is 4.84 Å². The quantitative estimate of drug-likeness (QED) is 0.312. The summed E-state index contributed by atoms with van der Waals surface area (Å²) in [6.07, 6.45) is 0. The third-order valence-corrected chi connectivity index (χ3v) is 0.519. The van der Waals surface area contributed by atoms with E-state index < -0.39 is 0 Å². The molecule has 3 nitrogen and oxygen atoms in total. The van der Waals surface area contributed by atoms with Gasteiger partial charge in [-0.3, -0.25) is 0 Å². The fraction of sp³-hybridized carbons (Fsp3) is 0.400. The first-order chi connectivity index (χ1) is 3.66. The molecule has 0 aliphatic heterocycles. The summed E-state index contributed by atoms with van der Waals surface area (Å²) in [7, 11) is 0. The van der Waals surface area contributed by atoms with Gasteiger partial charge in [-0.2, -0.15) is 5.90 Å². The molecule has 0 unspecified atom stereocenters. The zero-order valence-electron chi connectivity index (χ0n) is 5.14. The molecule has 0 aromatic heterocycles. The Bertz CT molecular complexity index is 118. The second kappa shape index (κ2) is 3.21. The van der Waals surface area contributed by atoms with Crippen molar-refractivity contribution in [3.63, 3.8) is 0 Å². The van der Waals surface area contributed by atoms with E-state index in [1.807, 2.05) is 0 Å². The van der Waals surface area contributed by atoms with Crippen LogP contribution in [0.5, 0.6) is 0 Å². The molecule has 0 atom stereocenters. The summed E-state index contributed by atoms with van der Waals surface area (Å²) in [5, 5.41) is 0. The summed E-state index contributed by atoms with van der Waals surface area (Å²) in [6, 6.07) is 0. The van der Waals surface area contributed by atoms with Crippen LogP contribution in [0.4, 0.5) is 0 Å². The highest BCUT2D eigenvalue weighted by molar-refractivity contribution is 5.73. The van der Waals surface area contributed by atoms with Gasteiger partial charge < -0.3 is 4.84 Å². The normalized spacial score (nSPS) is 11.1. The van der Waals surface area contributed by atoms with Crippen molar-refractivity contribution in [3.05, 3.63) is 12.3 Å². The number of nitrogens with zero attached hydrogens (tertiary/aromatic N) is 1. The molecule has 0 spiro atoms. The Morgan fingerprint density at radius 2 is 2.12 bits per heavy atom. The van der Waals surface area contributed by atoms with Gasteiger partial charge >= 0.3 is 0 Å². The Morgan fingerprint density at radius 1 is 1.62 bits per heavy atom. The SMILES string of the molecule is C=C(C)/N=C(/C)ON. The first kappa shape index (κ1) is 7.17. The van der Waals surface area contributed by atoms with Crippen LogP contribution in [0.25, 0.3) is 0 Å². The van der Waals surface area contributed by atoms with Crippen molar-refractivity contribution < 1.29 is 4.84 Å². The number of aliphatic imine (C=N–C) groups is 1. The molecule has 0 heterocycles. The van der Waals surface area contributed by atoms with E-state index in [1.54, 1.807) is 13.8 Å². The molecule has 0 radical (unpaired) electrons. The fourth-order valence-electron chi connectivity index (χ4n) is 0.295. The fourth-order valence-corrected chi connectivity index (χ4v) is 0.295. The maximum atomic E-state index is 4.75. The molecular formula is C5H10N2O. The van der Waals surface area contributed by atoms with Gasteiger partial charge in [-0.15, -0.1) is 0 Å². The molecule has 8 heavy (non-hydrogen) atoms. The topological polar surface area (TPSA) is 47.6 Å². The van der Waals surface area contributed by atoms with Gasteiger partial charge in [-0.1, -0.05) is 6.58 Å². The third-order valence-electron chi connectivity index (χ3n) is 0.519. The lowest BCUT2D eigenvalue weighted by Crippen LogP contribution is -2.05. The van der Waals surface area contributed by atoms with Crippen LogP contribution < -0.4 is 5.90 Å². The van der Waals surface area contributed by atoms with Crippen LogP contribution in [0.15, 0.2) is 17.3 Å². The van der Waals surface area contributed by atoms with E-state index in [2.05, 4.69) is 16.4 Å². The van der Waals surface area contributed by atoms with Crippen molar-refractivity contribution in [3.8, 4) is 0 Å². The van der Waals surface area contributed by atoms with Crippen LogP contribution in [0.2, 0.25) is 0 Å². The molecular weight excluding hydrogens is 104 g/mol. The maximum absolute atomic E-state index is 4.75. The second-order valence-corrected chi connectivity index (χ2v) is 1.48. The van der Waals surface area contributed by atoms with Crippen molar-refractivity contribution >= 4 is 5.90 Å². The molecule has 0 aliphatic rings. The van der Waals surface area contributed by atoms with Gasteiger partial charge in [0.2, 0.25) is 5.90 Å². The molecule has 0 saturated carbocycles. The first-order valence-corrected chi connectivity index (χ1v) is 2.24. The number of hydrogen-bond donors (Lipinski definition) is 1.